The van der Waals surface area contributed by atoms with E-state index in [1.165, 1.54) is 25.3 Å². The van der Waals surface area contributed by atoms with Gasteiger partial charge in [0, 0.05) is 43.3 Å². The van der Waals surface area contributed by atoms with Crippen molar-refractivity contribution in [3.05, 3.63) is 30.1 Å². The second kappa shape index (κ2) is 8.02. The number of benzene rings is 1. The van der Waals surface area contributed by atoms with Gasteiger partial charge in [-0.1, -0.05) is 12.5 Å². The van der Waals surface area contributed by atoms with Gasteiger partial charge >= 0.3 is 0 Å². The Labute approximate surface area is 168 Å². The first-order valence-electron chi connectivity index (χ1n) is 11.0. The highest BCUT2D eigenvalue weighted by atomic mass is 19.1. The monoisotopic (exact) mass is 387 g/mol. The van der Waals surface area contributed by atoms with Crippen LogP contribution in [0.2, 0.25) is 0 Å². The van der Waals surface area contributed by atoms with Crippen molar-refractivity contribution in [2.45, 2.75) is 64.0 Å². The number of hydrogen-bond acceptors (Lipinski definition) is 3. The number of amides is 1. The lowest BCUT2D eigenvalue weighted by atomic mass is 9.89. The van der Waals surface area contributed by atoms with Crippen LogP contribution < -0.4 is 4.90 Å². The summed E-state index contributed by atoms with van der Waals surface area (Å²) in [6.45, 7) is 9.37. The summed E-state index contributed by atoms with van der Waals surface area (Å²) in [5.74, 6) is 0.596. The maximum Gasteiger partial charge on any atom is 0.223 e. The molecule has 2 atom stereocenters. The summed E-state index contributed by atoms with van der Waals surface area (Å²) in [5, 5.41) is 0. The molecule has 3 aliphatic rings. The molecule has 3 fully saturated rings. The highest BCUT2D eigenvalue weighted by Crippen LogP contribution is 2.44. The van der Waals surface area contributed by atoms with E-state index in [0.29, 0.717) is 24.3 Å². The summed E-state index contributed by atoms with van der Waals surface area (Å²) >= 11 is 0. The lowest BCUT2D eigenvalue weighted by Gasteiger charge is -2.42. The van der Waals surface area contributed by atoms with Gasteiger partial charge in [-0.2, -0.15) is 0 Å². The van der Waals surface area contributed by atoms with E-state index in [0.717, 1.165) is 51.3 Å². The van der Waals surface area contributed by atoms with Crippen molar-refractivity contribution >= 4 is 11.6 Å². The number of nitrogens with zero attached hydrogens (tertiary/aromatic N) is 3. The minimum Gasteiger partial charge on any atom is -0.363 e. The van der Waals surface area contributed by atoms with Crippen molar-refractivity contribution in [2.24, 2.45) is 5.92 Å². The van der Waals surface area contributed by atoms with E-state index in [1.54, 1.807) is 12.1 Å². The van der Waals surface area contributed by atoms with Crippen LogP contribution in [0.25, 0.3) is 0 Å². The van der Waals surface area contributed by atoms with Crippen LogP contribution in [0.3, 0.4) is 0 Å². The molecule has 0 spiro atoms. The molecular formula is C23H34FN3O. The number of carbonyl (C=O) groups is 1. The predicted octanol–water partition coefficient (Wildman–Crippen LogP) is 3.91. The van der Waals surface area contributed by atoms with Gasteiger partial charge in [-0.25, -0.2) is 4.39 Å². The largest absolute Gasteiger partial charge is 0.363 e. The number of piperidine rings is 2. The van der Waals surface area contributed by atoms with Crippen molar-refractivity contribution in [3.8, 4) is 0 Å². The van der Waals surface area contributed by atoms with Crippen molar-refractivity contribution < 1.29 is 9.18 Å². The molecular weight excluding hydrogens is 353 g/mol. The van der Waals surface area contributed by atoms with Gasteiger partial charge in [0.1, 0.15) is 5.82 Å². The van der Waals surface area contributed by atoms with Gasteiger partial charge in [0.15, 0.2) is 0 Å². The fourth-order valence-corrected chi connectivity index (χ4v) is 5.74. The molecule has 1 aromatic rings. The van der Waals surface area contributed by atoms with Crippen LogP contribution in [0, 0.1) is 11.7 Å². The Kier molecular flexibility index (Phi) is 5.64. The number of hydrogen-bond donors (Lipinski definition) is 0. The fourth-order valence-electron chi connectivity index (χ4n) is 5.74. The first-order chi connectivity index (χ1) is 13.4. The van der Waals surface area contributed by atoms with Gasteiger partial charge in [-0.15, -0.1) is 0 Å². The Bertz CT molecular complexity index is 701. The van der Waals surface area contributed by atoms with Crippen molar-refractivity contribution in [3.63, 3.8) is 0 Å². The van der Waals surface area contributed by atoms with Crippen molar-refractivity contribution in [2.75, 3.05) is 37.6 Å². The van der Waals surface area contributed by atoms with Gasteiger partial charge in [-0.3, -0.25) is 4.79 Å². The molecule has 1 aromatic carbocycles. The zero-order valence-corrected chi connectivity index (χ0v) is 17.4. The zero-order chi connectivity index (χ0) is 19.7. The summed E-state index contributed by atoms with van der Waals surface area (Å²) in [7, 11) is 0. The molecule has 0 radical (unpaired) electrons. The SMILES string of the molecule is CC1(C)C[C@@H]2CN(C(=O)CCN3CCCCC3)CC[C@@H]2N1c1cccc(F)c1. The van der Waals surface area contributed by atoms with Crippen molar-refractivity contribution in [1.82, 2.24) is 9.80 Å². The molecule has 0 N–H and O–H groups in total. The Hall–Kier alpha value is -1.62. The molecule has 28 heavy (non-hydrogen) atoms. The lowest BCUT2D eigenvalue weighted by Crippen LogP contribution is -2.50. The van der Waals surface area contributed by atoms with Crippen LogP contribution in [0.15, 0.2) is 24.3 Å². The topological polar surface area (TPSA) is 26.8 Å². The van der Waals surface area contributed by atoms with E-state index in [4.69, 9.17) is 0 Å². The third kappa shape index (κ3) is 4.05. The fraction of sp³-hybridized carbons (Fsp3) is 0.696. The first-order valence-corrected chi connectivity index (χ1v) is 11.0. The molecule has 1 amide bonds. The van der Waals surface area contributed by atoms with E-state index in [9.17, 15) is 9.18 Å². The molecule has 3 heterocycles. The van der Waals surface area contributed by atoms with Crippen LogP contribution in [0.5, 0.6) is 0 Å². The average Bonchev–Trinajstić information content (AvgIpc) is 2.95. The van der Waals surface area contributed by atoms with Crippen LogP contribution >= 0.6 is 0 Å². The quantitative estimate of drug-likeness (QED) is 0.784. The summed E-state index contributed by atoms with van der Waals surface area (Å²) < 4.78 is 13.8. The minimum atomic E-state index is -0.179. The standard InChI is InChI=1S/C23H34FN3O/c1-23(2)16-18-17-26(22(28)10-13-25-11-4-3-5-12-25)14-9-21(18)27(23)20-8-6-7-19(24)15-20/h6-8,15,18,21H,3-5,9-14,16-17H2,1-2H3/t18-,21+/m1/s1. The van der Waals surface area contributed by atoms with Crippen LogP contribution in [0.1, 0.15) is 52.4 Å². The molecule has 0 aromatic heterocycles. The normalized spacial score (nSPS) is 27.7. The molecule has 4 rings (SSSR count). The van der Waals surface area contributed by atoms with Crippen LogP contribution in [-0.2, 0) is 4.79 Å². The third-order valence-electron chi connectivity index (χ3n) is 6.97. The molecule has 3 aliphatic heterocycles. The summed E-state index contributed by atoms with van der Waals surface area (Å²) in [4.78, 5) is 19.8. The number of halogens is 1. The maximum absolute atomic E-state index is 13.8. The highest BCUT2D eigenvalue weighted by molar-refractivity contribution is 5.76. The number of fused-ring (bicyclic) bond motifs is 1. The van der Waals surface area contributed by atoms with Crippen LogP contribution in [0.4, 0.5) is 10.1 Å². The summed E-state index contributed by atoms with van der Waals surface area (Å²) in [5.41, 5.74) is 0.957. The molecule has 0 aliphatic carbocycles. The number of carbonyl (C=O) groups excluding carboxylic acids is 1. The second-order valence-electron chi connectivity index (χ2n) is 9.47. The molecule has 5 heteroatoms. The molecule has 0 bridgehead atoms. The van der Waals surface area contributed by atoms with E-state index < -0.39 is 0 Å². The molecule has 0 saturated carbocycles. The first kappa shape index (κ1) is 19.7. The highest BCUT2D eigenvalue weighted by Gasteiger charge is 2.48. The number of anilines is 1. The Morgan fingerprint density at radius 1 is 1.18 bits per heavy atom. The van der Waals surface area contributed by atoms with E-state index >= 15 is 0 Å². The Balaban J connectivity index is 1.38. The number of likely N-dealkylation sites (tertiary alicyclic amines) is 2. The summed E-state index contributed by atoms with van der Waals surface area (Å²) in [6.07, 6.45) is 6.54. The summed E-state index contributed by atoms with van der Waals surface area (Å²) in [6, 6.07) is 7.37. The van der Waals surface area contributed by atoms with Crippen molar-refractivity contribution in [1.29, 1.82) is 0 Å². The zero-order valence-electron chi connectivity index (χ0n) is 17.4. The smallest absolute Gasteiger partial charge is 0.223 e. The van der Waals surface area contributed by atoms with Gasteiger partial charge in [0.25, 0.3) is 0 Å². The van der Waals surface area contributed by atoms with Gasteiger partial charge in [-0.05, 0) is 76.7 Å². The van der Waals surface area contributed by atoms with Gasteiger partial charge < -0.3 is 14.7 Å². The average molecular weight is 388 g/mol. The maximum atomic E-state index is 13.8. The second-order valence-corrected chi connectivity index (χ2v) is 9.47. The van der Waals surface area contributed by atoms with Gasteiger partial charge in [0.2, 0.25) is 5.91 Å². The minimum absolute atomic E-state index is 0.0179. The predicted molar refractivity (Wildman–Crippen MR) is 111 cm³/mol. The molecule has 4 nitrogen and oxygen atoms in total. The Morgan fingerprint density at radius 3 is 2.71 bits per heavy atom. The molecule has 154 valence electrons. The van der Waals surface area contributed by atoms with E-state index in [2.05, 4.69) is 28.5 Å². The van der Waals surface area contributed by atoms with Crippen LogP contribution in [-0.4, -0.2) is 60.0 Å². The van der Waals surface area contributed by atoms with E-state index in [-0.39, 0.29) is 11.4 Å². The lowest BCUT2D eigenvalue weighted by molar-refractivity contribution is -0.133. The molecule has 0 unspecified atom stereocenters. The van der Waals surface area contributed by atoms with E-state index in [1.807, 2.05) is 6.07 Å². The van der Waals surface area contributed by atoms with Gasteiger partial charge in [0.05, 0.1) is 0 Å². The Morgan fingerprint density at radius 2 is 1.96 bits per heavy atom. The number of rotatable bonds is 4. The third-order valence-corrected chi connectivity index (χ3v) is 6.97. The molecule has 3 saturated heterocycles.